The summed E-state index contributed by atoms with van der Waals surface area (Å²) in [6.45, 7) is 1.81. The van der Waals surface area contributed by atoms with E-state index in [1.165, 1.54) is 4.90 Å². The van der Waals surface area contributed by atoms with Gasteiger partial charge in [0.25, 0.3) is 5.91 Å². The summed E-state index contributed by atoms with van der Waals surface area (Å²) in [6, 6.07) is 13.8. The highest BCUT2D eigenvalue weighted by Crippen LogP contribution is 2.18. The molecular weight excluding hydrogens is 420 g/mol. The largest absolute Gasteiger partial charge is 0.484 e. The molecule has 2 amide bonds. The van der Waals surface area contributed by atoms with Crippen LogP contribution < -0.4 is 10.1 Å². The van der Waals surface area contributed by atoms with Crippen molar-refractivity contribution >= 4 is 39.3 Å². The highest BCUT2D eigenvalue weighted by molar-refractivity contribution is 9.10. The Morgan fingerprint density at radius 1 is 1.23 bits per heavy atom. The molecule has 2 aromatic carbocycles. The highest BCUT2D eigenvalue weighted by atomic mass is 79.9. The summed E-state index contributed by atoms with van der Waals surface area (Å²) in [6.07, 6.45) is 0. The van der Waals surface area contributed by atoms with E-state index in [0.29, 0.717) is 17.3 Å². The van der Waals surface area contributed by atoms with Crippen LogP contribution in [0.5, 0.6) is 5.75 Å². The molecule has 0 spiro atoms. The maximum atomic E-state index is 12.7. The van der Waals surface area contributed by atoms with Gasteiger partial charge >= 0.3 is 0 Å². The second-order valence-corrected chi connectivity index (χ2v) is 7.04. The smallest absolute Gasteiger partial charge is 0.261 e. The molecule has 0 aliphatic heterocycles. The molecule has 0 heterocycles. The standard InChI is InChI=1S/C19H20BrClN2O3/c1-13(19(25)22-2)23(11-14-6-8-15(20)9-7-14)18(24)12-26-17-5-3-4-16(21)10-17/h3-10,13H,11-12H2,1-2H3,(H,22,25)/t13-/m1/s1. The second kappa shape index (κ2) is 9.59. The van der Waals surface area contributed by atoms with Crippen LogP contribution in [0.3, 0.4) is 0 Å². The third kappa shape index (κ3) is 5.75. The summed E-state index contributed by atoms with van der Waals surface area (Å²) < 4.78 is 6.48. The molecule has 0 aliphatic rings. The van der Waals surface area contributed by atoms with E-state index in [4.69, 9.17) is 16.3 Å². The first kappa shape index (κ1) is 20.3. The number of amides is 2. The Kier molecular flexibility index (Phi) is 7.48. The van der Waals surface area contributed by atoms with Gasteiger partial charge in [-0.05, 0) is 42.8 Å². The molecule has 0 unspecified atom stereocenters. The van der Waals surface area contributed by atoms with Crippen LogP contribution in [0.1, 0.15) is 12.5 Å². The molecule has 7 heteroatoms. The number of ether oxygens (including phenoxy) is 1. The van der Waals surface area contributed by atoms with E-state index < -0.39 is 6.04 Å². The van der Waals surface area contributed by atoms with Crippen LogP contribution in [-0.2, 0) is 16.1 Å². The molecule has 0 radical (unpaired) electrons. The van der Waals surface area contributed by atoms with Crippen molar-refractivity contribution in [2.24, 2.45) is 0 Å². The Labute approximate surface area is 166 Å². The predicted octanol–water partition coefficient (Wildman–Crippen LogP) is 3.64. The Morgan fingerprint density at radius 3 is 2.54 bits per heavy atom. The number of nitrogens with zero attached hydrogens (tertiary/aromatic N) is 1. The van der Waals surface area contributed by atoms with Crippen molar-refractivity contribution in [3.05, 3.63) is 63.6 Å². The number of benzene rings is 2. The topological polar surface area (TPSA) is 58.6 Å². The van der Waals surface area contributed by atoms with Gasteiger partial charge in [0.1, 0.15) is 11.8 Å². The first-order chi connectivity index (χ1) is 12.4. The van der Waals surface area contributed by atoms with Gasteiger partial charge in [-0.1, -0.05) is 45.7 Å². The van der Waals surface area contributed by atoms with Crippen molar-refractivity contribution < 1.29 is 14.3 Å². The molecule has 0 aliphatic carbocycles. The molecule has 1 N–H and O–H groups in total. The Morgan fingerprint density at radius 2 is 1.92 bits per heavy atom. The normalized spacial score (nSPS) is 11.5. The molecule has 138 valence electrons. The minimum Gasteiger partial charge on any atom is -0.484 e. The SMILES string of the molecule is CNC(=O)[C@@H](C)N(Cc1ccc(Br)cc1)C(=O)COc1cccc(Cl)c1. The van der Waals surface area contributed by atoms with E-state index in [-0.39, 0.29) is 18.4 Å². The number of carbonyl (C=O) groups is 2. The predicted molar refractivity (Wildman–Crippen MR) is 105 cm³/mol. The monoisotopic (exact) mass is 438 g/mol. The van der Waals surface area contributed by atoms with E-state index in [1.54, 1.807) is 38.2 Å². The average molecular weight is 440 g/mol. The number of nitrogens with one attached hydrogen (secondary N) is 1. The van der Waals surface area contributed by atoms with Crippen LogP contribution in [-0.4, -0.2) is 36.4 Å². The van der Waals surface area contributed by atoms with E-state index >= 15 is 0 Å². The quantitative estimate of drug-likeness (QED) is 0.716. The Balaban J connectivity index is 2.12. The Hall–Kier alpha value is -2.05. The van der Waals surface area contributed by atoms with Gasteiger partial charge in [0.2, 0.25) is 5.91 Å². The summed E-state index contributed by atoms with van der Waals surface area (Å²) in [7, 11) is 1.55. The van der Waals surface area contributed by atoms with Gasteiger partial charge in [-0.15, -0.1) is 0 Å². The zero-order valence-corrected chi connectivity index (χ0v) is 16.9. The fourth-order valence-corrected chi connectivity index (χ4v) is 2.81. The van der Waals surface area contributed by atoms with Crippen molar-refractivity contribution in [2.45, 2.75) is 19.5 Å². The van der Waals surface area contributed by atoms with Crippen molar-refractivity contribution in [3.63, 3.8) is 0 Å². The van der Waals surface area contributed by atoms with E-state index in [1.807, 2.05) is 24.3 Å². The second-order valence-electron chi connectivity index (χ2n) is 5.68. The van der Waals surface area contributed by atoms with Crippen molar-refractivity contribution in [3.8, 4) is 5.75 Å². The number of likely N-dealkylation sites (N-methyl/N-ethyl adjacent to an activating group) is 1. The number of hydrogen-bond acceptors (Lipinski definition) is 3. The van der Waals surface area contributed by atoms with Gasteiger partial charge < -0.3 is 15.0 Å². The van der Waals surface area contributed by atoms with Crippen LogP contribution in [0, 0.1) is 0 Å². The van der Waals surface area contributed by atoms with Gasteiger partial charge in [0.05, 0.1) is 0 Å². The van der Waals surface area contributed by atoms with Gasteiger partial charge in [-0.3, -0.25) is 9.59 Å². The maximum Gasteiger partial charge on any atom is 0.261 e. The van der Waals surface area contributed by atoms with Crippen LogP contribution in [0.4, 0.5) is 0 Å². The van der Waals surface area contributed by atoms with Gasteiger partial charge in [0.15, 0.2) is 6.61 Å². The molecule has 0 bridgehead atoms. The lowest BCUT2D eigenvalue weighted by atomic mass is 10.1. The number of hydrogen-bond donors (Lipinski definition) is 1. The summed E-state index contributed by atoms with van der Waals surface area (Å²) in [5.41, 5.74) is 0.917. The fourth-order valence-electron chi connectivity index (χ4n) is 2.36. The number of rotatable bonds is 7. The number of carbonyl (C=O) groups excluding carboxylic acids is 2. The lowest BCUT2D eigenvalue weighted by Crippen LogP contribution is -2.48. The summed E-state index contributed by atoms with van der Waals surface area (Å²) >= 11 is 9.31. The average Bonchev–Trinajstić information content (AvgIpc) is 2.64. The molecule has 0 saturated heterocycles. The summed E-state index contributed by atoms with van der Waals surface area (Å²) in [5.74, 6) is -0.0238. The molecule has 2 rings (SSSR count). The molecule has 0 saturated carbocycles. The van der Waals surface area contributed by atoms with Gasteiger partial charge in [-0.25, -0.2) is 0 Å². The molecule has 2 aromatic rings. The minimum absolute atomic E-state index is 0.182. The highest BCUT2D eigenvalue weighted by Gasteiger charge is 2.25. The van der Waals surface area contributed by atoms with Crippen molar-refractivity contribution in [1.29, 1.82) is 0 Å². The third-order valence-electron chi connectivity index (χ3n) is 3.84. The molecule has 0 aromatic heterocycles. The van der Waals surface area contributed by atoms with E-state index in [9.17, 15) is 9.59 Å². The summed E-state index contributed by atoms with van der Waals surface area (Å²) in [4.78, 5) is 26.3. The zero-order valence-electron chi connectivity index (χ0n) is 14.5. The molecule has 1 atom stereocenters. The van der Waals surface area contributed by atoms with Crippen LogP contribution >= 0.6 is 27.5 Å². The van der Waals surface area contributed by atoms with Crippen LogP contribution in [0.2, 0.25) is 5.02 Å². The van der Waals surface area contributed by atoms with E-state index in [2.05, 4.69) is 21.2 Å². The molecule has 0 fully saturated rings. The lowest BCUT2D eigenvalue weighted by Gasteiger charge is -2.28. The van der Waals surface area contributed by atoms with Crippen molar-refractivity contribution in [2.75, 3.05) is 13.7 Å². The molecule has 5 nitrogen and oxygen atoms in total. The maximum absolute atomic E-state index is 12.7. The molecular formula is C19H20BrClN2O3. The van der Waals surface area contributed by atoms with Crippen LogP contribution in [0.15, 0.2) is 53.0 Å². The lowest BCUT2D eigenvalue weighted by molar-refractivity contribution is -0.142. The number of halogens is 2. The van der Waals surface area contributed by atoms with Crippen molar-refractivity contribution in [1.82, 2.24) is 10.2 Å². The zero-order chi connectivity index (χ0) is 19.1. The van der Waals surface area contributed by atoms with Crippen LogP contribution in [0.25, 0.3) is 0 Å². The molecule has 26 heavy (non-hydrogen) atoms. The first-order valence-electron chi connectivity index (χ1n) is 8.04. The third-order valence-corrected chi connectivity index (χ3v) is 4.60. The fraction of sp³-hybridized carbons (Fsp3) is 0.263. The van der Waals surface area contributed by atoms with Gasteiger partial charge in [0, 0.05) is 23.1 Å². The minimum atomic E-state index is -0.626. The summed E-state index contributed by atoms with van der Waals surface area (Å²) in [5, 5.41) is 3.11. The van der Waals surface area contributed by atoms with Gasteiger partial charge in [-0.2, -0.15) is 0 Å². The van der Waals surface area contributed by atoms with E-state index in [0.717, 1.165) is 10.0 Å². The first-order valence-corrected chi connectivity index (χ1v) is 9.21. The Bertz CT molecular complexity index is 768.